The lowest BCUT2D eigenvalue weighted by atomic mass is 9.54. The molecule has 0 bridgehead atoms. The molecule has 0 aromatic rings. The van der Waals surface area contributed by atoms with Crippen molar-refractivity contribution in [3.8, 4) is 0 Å². The van der Waals surface area contributed by atoms with E-state index in [1.807, 2.05) is 13.0 Å². The predicted molar refractivity (Wildman–Crippen MR) is 189 cm³/mol. The molecule has 0 amide bonds. The summed E-state index contributed by atoms with van der Waals surface area (Å²) < 4.78 is 6.93. The molecule has 0 aliphatic heterocycles. The number of ketones is 1. The Hall–Kier alpha value is -2.11. The first-order valence-electron chi connectivity index (χ1n) is 19.3. The maximum absolute atomic E-state index is 13.5. The summed E-state index contributed by atoms with van der Waals surface area (Å²) in [6, 6.07) is 0. The van der Waals surface area contributed by atoms with E-state index in [4.69, 9.17) is 14.9 Å². The molecular formula is C40H64O10. The SMILES string of the molecule is CC1=C[C@H]2[C@]3(O)[C@@H](C=C(CO)C[C@]2(O)C1=O)[C@@H]1C(C)(C)[C@]1(OCCCCCCCCCC(=O)O)[C@@](O)(CCCCCCCCCC(=O)O)[C@H]3C. The van der Waals surface area contributed by atoms with Gasteiger partial charge in [0.15, 0.2) is 5.78 Å². The molecule has 2 fully saturated rings. The highest BCUT2D eigenvalue weighted by Crippen LogP contribution is 2.80. The van der Waals surface area contributed by atoms with Crippen LogP contribution in [0.4, 0.5) is 0 Å². The second kappa shape index (κ2) is 16.3. The van der Waals surface area contributed by atoms with Crippen LogP contribution in [-0.2, 0) is 19.1 Å². The Morgan fingerprint density at radius 1 is 0.800 bits per heavy atom. The van der Waals surface area contributed by atoms with Gasteiger partial charge in [-0.15, -0.1) is 0 Å². The smallest absolute Gasteiger partial charge is 0.303 e. The first-order chi connectivity index (χ1) is 23.6. The second-order valence-electron chi connectivity index (χ2n) is 16.6. The molecule has 0 aromatic heterocycles. The molecule has 10 nitrogen and oxygen atoms in total. The lowest BCUT2D eigenvalue weighted by Crippen LogP contribution is -2.70. The van der Waals surface area contributed by atoms with E-state index in [1.54, 1.807) is 13.0 Å². The Labute approximate surface area is 298 Å². The first-order valence-corrected chi connectivity index (χ1v) is 19.3. The highest BCUT2D eigenvalue weighted by atomic mass is 16.5. The predicted octanol–water partition coefficient (Wildman–Crippen LogP) is 6.13. The van der Waals surface area contributed by atoms with Gasteiger partial charge < -0.3 is 35.4 Å². The number of aliphatic hydroxyl groups excluding tert-OH is 1. The van der Waals surface area contributed by atoms with Gasteiger partial charge in [0, 0.05) is 55.0 Å². The zero-order chi connectivity index (χ0) is 37.0. The van der Waals surface area contributed by atoms with Gasteiger partial charge in [0.2, 0.25) is 0 Å². The average Bonchev–Trinajstić information content (AvgIpc) is 3.51. The van der Waals surface area contributed by atoms with E-state index in [0.717, 1.165) is 70.6 Å². The third-order valence-corrected chi connectivity index (χ3v) is 13.1. The standard InChI is InChI=1S/C40H64O10/c1-27-23-31-37(47,35(27)46)25-29(26-41)24-30-34-36(3,4)40(34,50-22-18-14-10-6-8-12-16-20-33(44)45)38(48,28(2)39(30,31)49)21-17-13-9-5-7-11-15-19-32(42)43/h23-24,28,30-31,34,41,47-49H,5-22,25-26H2,1-4H3,(H,42,43)(H,44,45)/t28-,30+,31-,34-,37-,38-,39-,40+/m1/s1. The van der Waals surface area contributed by atoms with Gasteiger partial charge in [0.1, 0.15) is 11.2 Å². The number of aliphatic hydroxyl groups is 4. The van der Waals surface area contributed by atoms with E-state index in [9.17, 15) is 34.8 Å². The van der Waals surface area contributed by atoms with E-state index in [2.05, 4.69) is 13.8 Å². The maximum atomic E-state index is 13.5. The normalized spacial score (nSPS) is 35.4. The molecule has 0 heterocycles. The van der Waals surface area contributed by atoms with Crippen LogP contribution in [0.5, 0.6) is 0 Å². The topological polar surface area (TPSA) is 182 Å². The summed E-state index contributed by atoms with van der Waals surface area (Å²) >= 11 is 0. The van der Waals surface area contributed by atoms with Gasteiger partial charge >= 0.3 is 11.9 Å². The summed E-state index contributed by atoms with van der Waals surface area (Å²) in [6.45, 7) is 7.76. The fourth-order valence-electron chi connectivity index (χ4n) is 10.5. The summed E-state index contributed by atoms with van der Waals surface area (Å²) in [7, 11) is 0. The Kier molecular flexibility index (Phi) is 13.2. The average molecular weight is 705 g/mol. The van der Waals surface area contributed by atoms with Gasteiger partial charge in [-0.1, -0.05) is 104 Å². The first kappa shape index (κ1) is 40.7. The van der Waals surface area contributed by atoms with Crippen LogP contribution < -0.4 is 0 Å². The molecule has 0 radical (unpaired) electrons. The third-order valence-electron chi connectivity index (χ3n) is 13.1. The summed E-state index contributed by atoms with van der Waals surface area (Å²) in [5.41, 5.74) is -5.70. The van der Waals surface area contributed by atoms with E-state index < -0.39 is 63.3 Å². The highest BCUT2D eigenvalue weighted by molar-refractivity contribution is 6.04. The van der Waals surface area contributed by atoms with Crippen molar-refractivity contribution in [2.45, 2.75) is 166 Å². The molecule has 4 aliphatic carbocycles. The number of carboxylic acids is 2. The van der Waals surface area contributed by atoms with Crippen LogP contribution in [0.15, 0.2) is 23.3 Å². The van der Waals surface area contributed by atoms with Crippen LogP contribution >= 0.6 is 0 Å². The molecule has 50 heavy (non-hydrogen) atoms. The molecule has 284 valence electrons. The van der Waals surface area contributed by atoms with Gasteiger partial charge in [-0.25, -0.2) is 0 Å². The number of ether oxygens (including phenoxy) is 1. The molecular weight excluding hydrogens is 640 g/mol. The molecule has 0 unspecified atom stereocenters. The summed E-state index contributed by atoms with van der Waals surface area (Å²) in [5, 5.41) is 66.3. The van der Waals surface area contributed by atoms with Crippen LogP contribution in [0.2, 0.25) is 0 Å². The van der Waals surface area contributed by atoms with E-state index in [1.165, 1.54) is 0 Å². The molecule has 0 saturated heterocycles. The van der Waals surface area contributed by atoms with Crippen molar-refractivity contribution in [1.82, 2.24) is 0 Å². The molecule has 0 aromatic carbocycles. The van der Waals surface area contributed by atoms with Crippen LogP contribution in [0.25, 0.3) is 0 Å². The number of aliphatic carboxylic acids is 2. The minimum Gasteiger partial charge on any atom is -0.481 e. The third kappa shape index (κ3) is 7.39. The number of carbonyl (C=O) groups is 3. The van der Waals surface area contributed by atoms with Crippen LogP contribution in [0, 0.1) is 29.1 Å². The van der Waals surface area contributed by atoms with Crippen LogP contribution in [0.3, 0.4) is 0 Å². The Bertz CT molecular complexity index is 1290. The van der Waals surface area contributed by atoms with Crippen molar-refractivity contribution in [2.75, 3.05) is 13.2 Å². The minimum absolute atomic E-state index is 0.0748. The number of rotatable bonds is 22. The van der Waals surface area contributed by atoms with Crippen molar-refractivity contribution in [3.05, 3.63) is 23.3 Å². The number of fused-ring (bicyclic) bond motifs is 5. The number of Topliss-reactive ketones (excluding diaryl/α,β-unsaturated/α-hetero) is 1. The molecule has 4 aliphatic rings. The number of carboxylic acid groups (broad SMARTS) is 2. The quantitative estimate of drug-likeness (QED) is 0.0567. The molecule has 4 rings (SSSR count). The number of hydrogen-bond acceptors (Lipinski definition) is 8. The number of unbranched alkanes of at least 4 members (excludes halogenated alkanes) is 12. The van der Waals surface area contributed by atoms with E-state index >= 15 is 0 Å². The van der Waals surface area contributed by atoms with Gasteiger partial charge in [-0.05, 0) is 43.8 Å². The lowest BCUT2D eigenvalue weighted by molar-refractivity contribution is -0.266. The molecule has 2 saturated carbocycles. The molecule has 0 spiro atoms. The van der Waals surface area contributed by atoms with Gasteiger partial charge in [-0.3, -0.25) is 14.4 Å². The van der Waals surface area contributed by atoms with Crippen molar-refractivity contribution in [1.29, 1.82) is 0 Å². The minimum atomic E-state index is -1.91. The van der Waals surface area contributed by atoms with Crippen molar-refractivity contribution in [3.63, 3.8) is 0 Å². The van der Waals surface area contributed by atoms with E-state index in [-0.39, 0.29) is 31.8 Å². The summed E-state index contributed by atoms with van der Waals surface area (Å²) in [4.78, 5) is 35.0. The number of hydrogen-bond donors (Lipinski definition) is 6. The summed E-state index contributed by atoms with van der Waals surface area (Å²) in [6.07, 6.45) is 16.6. The van der Waals surface area contributed by atoms with Crippen LogP contribution in [-0.4, -0.2) is 84.0 Å². The Morgan fingerprint density at radius 2 is 1.30 bits per heavy atom. The van der Waals surface area contributed by atoms with Crippen molar-refractivity contribution >= 4 is 17.7 Å². The molecule has 10 heteroatoms. The van der Waals surface area contributed by atoms with Gasteiger partial charge in [-0.2, -0.15) is 0 Å². The van der Waals surface area contributed by atoms with Gasteiger partial charge in [0.25, 0.3) is 0 Å². The zero-order valence-electron chi connectivity index (χ0n) is 30.9. The number of carbonyl (C=O) groups excluding carboxylic acids is 1. The Balaban J connectivity index is 1.54. The lowest BCUT2D eigenvalue weighted by Gasteiger charge is -2.58. The monoisotopic (exact) mass is 704 g/mol. The van der Waals surface area contributed by atoms with Gasteiger partial charge in [0.05, 0.1) is 17.8 Å². The van der Waals surface area contributed by atoms with Crippen molar-refractivity contribution < 1.29 is 49.8 Å². The van der Waals surface area contributed by atoms with Crippen LogP contribution in [0.1, 0.15) is 143 Å². The maximum Gasteiger partial charge on any atom is 0.303 e. The Morgan fingerprint density at radius 3 is 1.82 bits per heavy atom. The summed E-state index contributed by atoms with van der Waals surface area (Å²) in [5.74, 6) is -4.59. The zero-order valence-corrected chi connectivity index (χ0v) is 30.9. The highest BCUT2D eigenvalue weighted by Gasteiger charge is 2.89. The fourth-order valence-corrected chi connectivity index (χ4v) is 10.5. The fraction of sp³-hybridized carbons (Fsp3) is 0.825. The van der Waals surface area contributed by atoms with Crippen molar-refractivity contribution in [2.24, 2.45) is 29.1 Å². The molecule has 6 N–H and O–H groups in total. The van der Waals surface area contributed by atoms with E-state index in [0.29, 0.717) is 43.4 Å². The second-order valence-corrected chi connectivity index (χ2v) is 16.6. The molecule has 8 atom stereocenters. The largest absolute Gasteiger partial charge is 0.481 e.